The standard InChI is InChI=1S/C17H24FNO/c1-12-5-3-2-4-6-16(12)19-11-15-10-13-9-14(18)7-8-17(13)20-15/h7-9,12,15-16,19H,2-6,10-11H2,1H3. The van der Waals surface area contributed by atoms with Gasteiger partial charge < -0.3 is 10.1 Å². The van der Waals surface area contributed by atoms with E-state index < -0.39 is 0 Å². The van der Waals surface area contributed by atoms with E-state index in [1.807, 2.05) is 0 Å². The van der Waals surface area contributed by atoms with Gasteiger partial charge in [-0.05, 0) is 37.0 Å². The quantitative estimate of drug-likeness (QED) is 0.851. The highest BCUT2D eigenvalue weighted by atomic mass is 19.1. The Morgan fingerprint density at radius 1 is 1.25 bits per heavy atom. The van der Waals surface area contributed by atoms with Crippen molar-refractivity contribution in [3.05, 3.63) is 29.6 Å². The van der Waals surface area contributed by atoms with Crippen molar-refractivity contribution in [1.82, 2.24) is 5.32 Å². The molecule has 1 saturated carbocycles. The zero-order valence-corrected chi connectivity index (χ0v) is 12.2. The Morgan fingerprint density at radius 3 is 3.00 bits per heavy atom. The Hall–Kier alpha value is -1.09. The fourth-order valence-corrected chi connectivity index (χ4v) is 3.48. The number of hydrogen-bond donors (Lipinski definition) is 1. The van der Waals surface area contributed by atoms with Gasteiger partial charge in [-0.25, -0.2) is 4.39 Å². The minimum atomic E-state index is -0.168. The summed E-state index contributed by atoms with van der Waals surface area (Å²) in [5.41, 5.74) is 1.01. The first kappa shape index (κ1) is 13.9. The monoisotopic (exact) mass is 277 g/mol. The Morgan fingerprint density at radius 2 is 2.10 bits per heavy atom. The van der Waals surface area contributed by atoms with Gasteiger partial charge in [0.1, 0.15) is 17.7 Å². The van der Waals surface area contributed by atoms with E-state index in [1.54, 1.807) is 12.1 Å². The molecule has 0 amide bonds. The van der Waals surface area contributed by atoms with Gasteiger partial charge in [-0.3, -0.25) is 0 Å². The highest BCUT2D eigenvalue weighted by Crippen LogP contribution is 2.29. The van der Waals surface area contributed by atoms with E-state index in [0.717, 1.165) is 30.2 Å². The van der Waals surface area contributed by atoms with Crippen LogP contribution in [0.25, 0.3) is 0 Å². The van der Waals surface area contributed by atoms with Gasteiger partial charge in [0.25, 0.3) is 0 Å². The molecule has 0 spiro atoms. The molecule has 2 aliphatic rings. The molecule has 3 atom stereocenters. The summed E-state index contributed by atoms with van der Waals surface area (Å²) >= 11 is 0. The smallest absolute Gasteiger partial charge is 0.123 e. The predicted molar refractivity (Wildman–Crippen MR) is 78.6 cm³/mol. The third-order valence-corrected chi connectivity index (χ3v) is 4.73. The second-order valence-corrected chi connectivity index (χ2v) is 6.33. The van der Waals surface area contributed by atoms with Gasteiger partial charge in [0, 0.05) is 24.6 Å². The Bertz CT molecular complexity index is 462. The van der Waals surface area contributed by atoms with Gasteiger partial charge in [0.2, 0.25) is 0 Å². The second-order valence-electron chi connectivity index (χ2n) is 6.33. The molecule has 0 bridgehead atoms. The predicted octanol–water partition coefficient (Wildman–Crippen LogP) is 3.69. The zero-order valence-electron chi connectivity index (χ0n) is 12.2. The first-order valence-corrected chi connectivity index (χ1v) is 7.91. The van der Waals surface area contributed by atoms with Crippen molar-refractivity contribution < 1.29 is 9.13 Å². The molecule has 1 heterocycles. The van der Waals surface area contributed by atoms with Gasteiger partial charge in [0.05, 0.1) is 0 Å². The lowest BCUT2D eigenvalue weighted by atomic mass is 9.97. The summed E-state index contributed by atoms with van der Waals surface area (Å²) in [5, 5.41) is 3.68. The van der Waals surface area contributed by atoms with Crippen LogP contribution in [0.4, 0.5) is 4.39 Å². The zero-order chi connectivity index (χ0) is 13.9. The first-order chi connectivity index (χ1) is 9.72. The number of ether oxygens (including phenoxy) is 1. The third kappa shape index (κ3) is 3.14. The van der Waals surface area contributed by atoms with Crippen molar-refractivity contribution in [1.29, 1.82) is 0 Å². The highest BCUT2D eigenvalue weighted by Gasteiger charge is 2.25. The van der Waals surface area contributed by atoms with Crippen LogP contribution in [0.5, 0.6) is 5.75 Å². The normalized spacial score (nSPS) is 29.6. The third-order valence-electron chi connectivity index (χ3n) is 4.73. The van der Waals surface area contributed by atoms with E-state index in [-0.39, 0.29) is 11.9 Å². The van der Waals surface area contributed by atoms with E-state index in [1.165, 1.54) is 38.2 Å². The summed E-state index contributed by atoms with van der Waals surface area (Å²) in [6.07, 6.45) is 7.64. The number of benzene rings is 1. The summed E-state index contributed by atoms with van der Waals surface area (Å²) in [6, 6.07) is 5.44. The number of nitrogens with one attached hydrogen (secondary N) is 1. The number of fused-ring (bicyclic) bond motifs is 1. The van der Waals surface area contributed by atoms with Gasteiger partial charge in [-0.15, -0.1) is 0 Å². The molecule has 2 nitrogen and oxygen atoms in total. The van der Waals surface area contributed by atoms with E-state index in [9.17, 15) is 4.39 Å². The van der Waals surface area contributed by atoms with Crippen LogP contribution < -0.4 is 10.1 Å². The van der Waals surface area contributed by atoms with Crippen LogP contribution in [-0.4, -0.2) is 18.7 Å². The maximum absolute atomic E-state index is 13.2. The van der Waals surface area contributed by atoms with Crippen molar-refractivity contribution in [3.63, 3.8) is 0 Å². The molecule has 0 saturated heterocycles. The molecular formula is C17H24FNO. The number of hydrogen-bond acceptors (Lipinski definition) is 2. The average molecular weight is 277 g/mol. The average Bonchev–Trinajstić information content (AvgIpc) is 2.71. The van der Waals surface area contributed by atoms with Crippen molar-refractivity contribution in [3.8, 4) is 5.75 Å². The van der Waals surface area contributed by atoms with E-state index in [4.69, 9.17) is 4.74 Å². The number of halogens is 1. The molecule has 20 heavy (non-hydrogen) atoms. The van der Waals surface area contributed by atoms with Crippen molar-refractivity contribution in [2.24, 2.45) is 5.92 Å². The second kappa shape index (κ2) is 6.13. The molecule has 0 aromatic heterocycles. The molecular weight excluding hydrogens is 253 g/mol. The summed E-state index contributed by atoms with van der Waals surface area (Å²) in [5.74, 6) is 1.43. The Balaban J connectivity index is 1.53. The minimum Gasteiger partial charge on any atom is -0.488 e. The van der Waals surface area contributed by atoms with E-state index >= 15 is 0 Å². The lowest BCUT2D eigenvalue weighted by Crippen LogP contribution is -2.40. The molecule has 3 unspecified atom stereocenters. The van der Waals surface area contributed by atoms with Crippen LogP contribution in [0.2, 0.25) is 0 Å². The summed E-state index contributed by atoms with van der Waals surface area (Å²) < 4.78 is 19.1. The maximum atomic E-state index is 13.2. The van der Waals surface area contributed by atoms with Crippen LogP contribution in [0.1, 0.15) is 44.6 Å². The summed E-state index contributed by atoms with van der Waals surface area (Å²) in [4.78, 5) is 0. The van der Waals surface area contributed by atoms with E-state index in [2.05, 4.69) is 12.2 Å². The Labute approximate surface area is 120 Å². The van der Waals surface area contributed by atoms with Gasteiger partial charge in [-0.1, -0.05) is 26.2 Å². The van der Waals surface area contributed by atoms with Crippen molar-refractivity contribution in [2.75, 3.05) is 6.54 Å². The van der Waals surface area contributed by atoms with Crippen LogP contribution in [0, 0.1) is 11.7 Å². The molecule has 1 aliphatic carbocycles. The summed E-state index contributed by atoms with van der Waals surface area (Å²) in [6.45, 7) is 3.22. The Kier molecular flexibility index (Phi) is 4.25. The molecule has 1 aromatic carbocycles. The van der Waals surface area contributed by atoms with Crippen LogP contribution in [0.3, 0.4) is 0 Å². The van der Waals surface area contributed by atoms with Crippen LogP contribution in [0.15, 0.2) is 18.2 Å². The van der Waals surface area contributed by atoms with Crippen molar-refractivity contribution >= 4 is 0 Å². The maximum Gasteiger partial charge on any atom is 0.123 e. The fourth-order valence-electron chi connectivity index (χ4n) is 3.48. The van der Waals surface area contributed by atoms with Gasteiger partial charge in [-0.2, -0.15) is 0 Å². The highest BCUT2D eigenvalue weighted by molar-refractivity contribution is 5.37. The van der Waals surface area contributed by atoms with E-state index in [0.29, 0.717) is 6.04 Å². The molecule has 110 valence electrons. The van der Waals surface area contributed by atoms with Gasteiger partial charge in [0.15, 0.2) is 0 Å². The fraction of sp³-hybridized carbons (Fsp3) is 0.647. The topological polar surface area (TPSA) is 21.3 Å². The molecule has 1 fully saturated rings. The van der Waals surface area contributed by atoms with Crippen LogP contribution in [-0.2, 0) is 6.42 Å². The molecule has 1 N–H and O–H groups in total. The molecule has 3 heteroatoms. The van der Waals surface area contributed by atoms with Gasteiger partial charge >= 0.3 is 0 Å². The summed E-state index contributed by atoms with van der Waals surface area (Å²) in [7, 11) is 0. The lowest BCUT2D eigenvalue weighted by Gasteiger charge is -2.24. The van der Waals surface area contributed by atoms with Crippen molar-refractivity contribution in [2.45, 2.75) is 57.6 Å². The first-order valence-electron chi connectivity index (χ1n) is 7.91. The number of rotatable bonds is 3. The molecule has 1 aliphatic heterocycles. The molecule has 0 radical (unpaired) electrons. The lowest BCUT2D eigenvalue weighted by molar-refractivity contribution is 0.211. The SMILES string of the molecule is CC1CCCCCC1NCC1Cc2cc(F)ccc2O1. The largest absolute Gasteiger partial charge is 0.488 e. The molecule has 1 aromatic rings. The minimum absolute atomic E-state index is 0.155. The van der Waals surface area contributed by atoms with Crippen LogP contribution >= 0.6 is 0 Å². The molecule has 3 rings (SSSR count).